The average molecular weight is 311 g/mol. The second kappa shape index (κ2) is 7.92. The van der Waals surface area contributed by atoms with Gasteiger partial charge in [0.25, 0.3) is 0 Å². The molecule has 5 nitrogen and oxygen atoms in total. The molecule has 0 aliphatic carbocycles. The Morgan fingerprint density at radius 3 is 2.87 bits per heavy atom. The number of aromatic nitrogens is 2. The summed E-state index contributed by atoms with van der Waals surface area (Å²) in [5.74, 6) is 1.50. The molecule has 2 N–H and O–H groups in total. The summed E-state index contributed by atoms with van der Waals surface area (Å²) in [7, 11) is 0. The van der Waals surface area contributed by atoms with Crippen LogP contribution in [0.25, 0.3) is 0 Å². The van der Waals surface area contributed by atoms with Crippen molar-refractivity contribution in [3.63, 3.8) is 0 Å². The number of hydrogen-bond donors (Lipinski definition) is 2. The van der Waals surface area contributed by atoms with Crippen molar-refractivity contribution < 1.29 is 0 Å². The van der Waals surface area contributed by atoms with Gasteiger partial charge >= 0.3 is 0 Å². The summed E-state index contributed by atoms with van der Waals surface area (Å²) in [5, 5.41) is 6.64. The van der Waals surface area contributed by atoms with E-state index >= 15 is 0 Å². The van der Waals surface area contributed by atoms with Gasteiger partial charge in [-0.2, -0.15) is 4.98 Å². The van der Waals surface area contributed by atoms with E-state index in [1.54, 1.807) is 6.20 Å². The molecule has 0 amide bonds. The lowest BCUT2D eigenvalue weighted by atomic mass is 10.2. The van der Waals surface area contributed by atoms with E-state index in [2.05, 4.69) is 44.6 Å². The van der Waals surface area contributed by atoms with Gasteiger partial charge in [-0.1, -0.05) is 12.1 Å². The zero-order chi connectivity index (χ0) is 15.9. The van der Waals surface area contributed by atoms with Gasteiger partial charge < -0.3 is 15.5 Å². The molecule has 0 saturated carbocycles. The van der Waals surface area contributed by atoms with Crippen molar-refractivity contribution in [1.82, 2.24) is 14.9 Å². The molecule has 122 valence electrons. The Hall–Kier alpha value is -2.14. The SMILES string of the molecule is Cc1cccc(Nc2nccc(NCCCN3CCCC3)n2)c1. The molecule has 1 aromatic heterocycles. The summed E-state index contributed by atoms with van der Waals surface area (Å²) in [6.07, 6.45) is 5.64. The molecule has 2 heterocycles. The van der Waals surface area contributed by atoms with Crippen LogP contribution in [0.4, 0.5) is 17.5 Å². The molecule has 1 aliphatic heterocycles. The molecule has 0 radical (unpaired) electrons. The van der Waals surface area contributed by atoms with Crippen molar-refractivity contribution in [2.24, 2.45) is 0 Å². The lowest BCUT2D eigenvalue weighted by Gasteiger charge is -2.14. The van der Waals surface area contributed by atoms with Gasteiger partial charge in [0.2, 0.25) is 5.95 Å². The predicted octanol–water partition coefficient (Wildman–Crippen LogP) is 3.43. The van der Waals surface area contributed by atoms with E-state index in [1.807, 2.05) is 18.2 Å². The maximum atomic E-state index is 4.52. The molecule has 0 spiro atoms. The van der Waals surface area contributed by atoms with Gasteiger partial charge in [-0.05, 0) is 69.6 Å². The van der Waals surface area contributed by atoms with Crippen LogP contribution >= 0.6 is 0 Å². The van der Waals surface area contributed by atoms with Crippen LogP contribution in [-0.4, -0.2) is 41.0 Å². The summed E-state index contributed by atoms with van der Waals surface area (Å²) in [6, 6.07) is 10.1. The minimum Gasteiger partial charge on any atom is -0.370 e. The van der Waals surface area contributed by atoms with Gasteiger partial charge in [0, 0.05) is 18.4 Å². The minimum atomic E-state index is 0.625. The lowest BCUT2D eigenvalue weighted by Crippen LogP contribution is -2.22. The van der Waals surface area contributed by atoms with Crippen LogP contribution in [0.3, 0.4) is 0 Å². The topological polar surface area (TPSA) is 53.1 Å². The lowest BCUT2D eigenvalue weighted by molar-refractivity contribution is 0.337. The van der Waals surface area contributed by atoms with Crippen molar-refractivity contribution in [2.45, 2.75) is 26.2 Å². The van der Waals surface area contributed by atoms with Gasteiger partial charge in [0.05, 0.1) is 0 Å². The highest BCUT2D eigenvalue weighted by molar-refractivity contribution is 5.55. The van der Waals surface area contributed by atoms with Gasteiger partial charge in [-0.3, -0.25) is 0 Å². The van der Waals surface area contributed by atoms with Gasteiger partial charge in [-0.25, -0.2) is 4.98 Å². The second-order valence-electron chi connectivity index (χ2n) is 6.09. The van der Waals surface area contributed by atoms with E-state index in [0.717, 1.165) is 24.5 Å². The Kier molecular flexibility index (Phi) is 5.42. The van der Waals surface area contributed by atoms with Crippen LogP contribution in [0, 0.1) is 6.92 Å². The number of nitrogens with one attached hydrogen (secondary N) is 2. The number of nitrogens with zero attached hydrogens (tertiary/aromatic N) is 3. The minimum absolute atomic E-state index is 0.625. The van der Waals surface area contributed by atoms with Crippen molar-refractivity contribution in [1.29, 1.82) is 0 Å². The number of aryl methyl sites for hydroxylation is 1. The van der Waals surface area contributed by atoms with E-state index in [0.29, 0.717) is 5.95 Å². The second-order valence-corrected chi connectivity index (χ2v) is 6.09. The summed E-state index contributed by atoms with van der Waals surface area (Å²) < 4.78 is 0. The molecule has 1 aromatic carbocycles. The Labute approximate surface area is 138 Å². The van der Waals surface area contributed by atoms with E-state index in [1.165, 1.54) is 38.0 Å². The van der Waals surface area contributed by atoms with Crippen LogP contribution < -0.4 is 10.6 Å². The van der Waals surface area contributed by atoms with Gasteiger partial charge in [-0.15, -0.1) is 0 Å². The van der Waals surface area contributed by atoms with E-state index in [9.17, 15) is 0 Å². The molecule has 1 aliphatic rings. The number of anilines is 3. The molecule has 0 atom stereocenters. The molecule has 0 unspecified atom stereocenters. The maximum absolute atomic E-state index is 4.52. The number of benzene rings is 1. The molecule has 5 heteroatoms. The fraction of sp³-hybridized carbons (Fsp3) is 0.444. The third-order valence-electron chi connectivity index (χ3n) is 4.09. The molecule has 1 saturated heterocycles. The highest BCUT2D eigenvalue weighted by atomic mass is 15.2. The van der Waals surface area contributed by atoms with E-state index in [-0.39, 0.29) is 0 Å². The monoisotopic (exact) mass is 311 g/mol. The first-order valence-electron chi connectivity index (χ1n) is 8.42. The van der Waals surface area contributed by atoms with Crippen LogP contribution in [0.5, 0.6) is 0 Å². The number of likely N-dealkylation sites (tertiary alicyclic amines) is 1. The van der Waals surface area contributed by atoms with Crippen LogP contribution in [0.2, 0.25) is 0 Å². The Bertz CT molecular complexity index is 622. The average Bonchev–Trinajstić information content (AvgIpc) is 3.05. The zero-order valence-corrected chi connectivity index (χ0v) is 13.8. The molecular formula is C18H25N5. The first-order chi connectivity index (χ1) is 11.3. The van der Waals surface area contributed by atoms with Gasteiger partial charge in [0.1, 0.15) is 5.82 Å². The normalized spacial score (nSPS) is 14.8. The number of hydrogen-bond acceptors (Lipinski definition) is 5. The van der Waals surface area contributed by atoms with Crippen molar-refractivity contribution >= 4 is 17.5 Å². The standard InChI is InChI=1S/C18H25N5/c1-15-6-4-7-16(14-15)21-18-20-10-8-17(22-18)19-9-5-13-23-11-2-3-12-23/h4,6-8,10,14H,2-3,5,9,11-13H2,1H3,(H2,19,20,21,22). The van der Waals surface area contributed by atoms with Crippen molar-refractivity contribution in [2.75, 3.05) is 36.8 Å². The summed E-state index contributed by atoms with van der Waals surface area (Å²) in [4.78, 5) is 11.3. The Morgan fingerprint density at radius 1 is 1.17 bits per heavy atom. The molecule has 23 heavy (non-hydrogen) atoms. The van der Waals surface area contributed by atoms with Gasteiger partial charge in [0.15, 0.2) is 0 Å². The van der Waals surface area contributed by atoms with Crippen LogP contribution in [0.1, 0.15) is 24.8 Å². The predicted molar refractivity (Wildman–Crippen MR) is 95.3 cm³/mol. The zero-order valence-electron chi connectivity index (χ0n) is 13.8. The third kappa shape index (κ3) is 4.93. The quantitative estimate of drug-likeness (QED) is 0.767. The Balaban J connectivity index is 1.48. The van der Waals surface area contributed by atoms with Crippen molar-refractivity contribution in [3.8, 4) is 0 Å². The van der Waals surface area contributed by atoms with E-state index in [4.69, 9.17) is 0 Å². The van der Waals surface area contributed by atoms with Crippen molar-refractivity contribution in [3.05, 3.63) is 42.1 Å². The summed E-state index contributed by atoms with van der Waals surface area (Å²) in [5.41, 5.74) is 2.22. The molecule has 1 fully saturated rings. The highest BCUT2D eigenvalue weighted by Crippen LogP contribution is 2.15. The fourth-order valence-corrected chi connectivity index (χ4v) is 2.89. The summed E-state index contributed by atoms with van der Waals surface area (Å²) >= 11 is 0. The molecule has 2 aromatic rings. The Morgan fingerprint density at radius 2 is 2.04 bits per heavy atom. The van der Waals surface area contributed by atoms with Crippen LogP contribution in [0.15, 0.2) is 36.5 Å². The smallest absolute Gasteiger partial charge is 0.229 e. The van der Waals surface area contributed by atoms with Crippen LogP contribution in [-0.2, 0) is 0 Å². The van der Waals surface area contributed by atoms with E-state index < -0.39 is 0 Å². The fourth-order valence-electron chi connectivity index (χ4n) is 2.89. The number of rotatable bonds is 7. The maximum Gasteiger partial charge on any atom is 0.229 e. The first kappa shape index (κ1) is 15.7. The largest absolute Gasteiger partial charge is 0.370 e. The third-order valence-corrected chi connectivity index (χ3v) is 4.09. The highest BCUT2D eigenvalue weighted by Gasteiger charge is 2.10. The molecule has 3 rings (SSSR count). The first-order valence-corrected chi connectivity index (χ1v) is 8.42. The summed E-state index contributed by atoms with van der Waals surface area (Å²) in [6.45, 7) is 6.71. The molecule has 0 bridgehead atoms. The molecular weight excluding hydrogens is 286 g/mol.